The molecule has 2 aromatic carbocycles. The smallest absolute Gasteiger partial charge is 0.252 e. The molecule has 1 aliphatic heterocycles. The molecule has 1 aliphatic rings. The summed E-state index contributed by atoms with van der Waals surface area (Å²) >= 11 is 1.37. The highest BCUT2D eigenvalue weighted by Crippen LogP contribution is 2.33. The molecule has 182 valence electrons. The number of ether oxygens (including phenoxy) is 3. The van der Waals surface area contributed by atoms with Crippen LogP contribution in [-0.4, -0.2) is 57.6 Å². The lowest BCUT2D eigenvalue weighted by Crippen LogP contribution is -2.42. The van der Waals surface area contributed by atoms with Crippen LogP contribution in [0.4, 0.5) is 0 Å². The molecule has 3 aromatic rings. The number of amides is 1. The number of piperidine rings is 1. The molecule has 1 aromatic heterocycles. The molecule has 0 aliphatic carbocycles. The molecule has 1 amide bonds. The molecule has 0 N–H and O–H groups in total. The van der Waals surface area contributed by atoms with Gasteiger partial charge in [-0.15, -0.1) is 0 Å². The van der Waals surface area contributed by atoms with Crippen LogP contribution in [0.15, 0.2) is 46.3 Å². The summed E-state index contributed by atoms with van der Waals surface area (Å²) in [6.45, 7) is 0.474. The molecular weight excluding hydrogens is 478 g/mol. The number of nitrogens with zero attached hydrogens (tertiary/aromatic N) is 3. The number of fused-ring (bicyclic) bond motifs is 1. The van der Waals surface area contributed by atoms with Crippen LogP contribution in [0.5, 0.6) is 17.2 Å². The maximum Gasteiger partial charge on any atom is 0.252 e. The predicted molar refractivity (Wildman–Crippen MR) is 129 cm³/mol. The van der Waals surface area contributed by atoms with Crippen molar-refractivity contribution in [3.8, 4) is 17.2 Å². The molecule has 0 saturated carbocycles. The molecule has 0 radical (unpaired) electrons. The van der Waals surface area contributed by atoms with Gasteiger partial charge in [0, 0.05) is 32.3 Å². The maximum absolute atomic E-state index is 13.1. The summed E-state index contributed by atoms with van der Waals surface area (Å²) in [7, 11) is 2.78. The highest BCUT2D eigenvalue weighted by atomic mass is 32.2. The number of rotatable bonds is 6. The number of aryl methyl sites for hydroxylation is 1. The lowest BCUT2D eigenvalue weighted by Gasteiger charge is -2.30. The van der Waals surface area contributed by atoms with Crippen molar-refractivity contribution in [2.24, 2.45) is 18.0 Å². The summed E-state index contributed by atoms with van der Waals surface area (Å²) in [6, 6.07) is 9.96. The van der Waals surface area contributed by atoms with Crippen molar-refractivity contribution in [1.82, 2.24) is 8.87 Å². The van der Waals surface area contributed by atoms with Gasteiger partial charge in [-0.05, 0) is 37.1 Å². The summed E-state index contributed by atoms with van der Waals surface area (Å²) in [5.41, 5.74) is 0.863. The molecule has 1 atom stereocenters. The van der Waals surface area contributed by atoms with E-state index in [9.17, 15) is 13.2 Å². The molecule has 1 saturated heterocycles. The molecule has 1 fully saturated rings. The average molecular weight is 506 g/mol. The first-order valence-electron chi connectivity index (χ1n) is 10.7. The number of carbonyl (C=O) groups excluding carboxylic acids is 1. The van der Waals surface area contributed by atoms with Crippen LogP contribution in [0.25, 0.3) is 10.2 Å². The molecule has 9 nitrogen and oxygen atoms in total. The van der Waals surface area contributed by atoms with Gasteiger partial charge in [0.2, 0.25) is 10.0 Å². The monoisotopic (exact) mass is 505 g/mol. The molecule has 2 heterocycles. The van der Waals surface area contributed by atoms with Gasteiger partial charge < -0.3 is 18.8 Å². The minimum absolute atomic E-state index is 0.104. The molecule has 11 heteroatoms. The van der Waals surface area contributed by atoms with E-state index in [1.54, 1.807) is 26.4 Å². The van der Waals surface area contributed by atoms with Gasteiger partial charge >= 0.3 is 0 Å². The fourth-order valence-corrected chi connectivity index (χ4v) is 6.56. The average Bonchev–Trinajstić information content (AvgIpc) is 3.17. The molecule has 0 spiro atoms. The minimum Gasteiger partial charge on any atom is -0.497 e. The van der Waals surface area contributed by atoms with Gasteiger partial charge in [-0.25, -0.2) is 8.42 Å². The third-order valence-corrected chi connectivity index (χ3v) is 8.93. The highest BCUT2D eigenvalue weighted by Gasteiger charge is 2.33. The fraction of sp³-hybridized carbons (Fsp3) is 0.391. The number of aromatic nitrogens is 1. The summed E-state index contributed by atoms with van der Waals surface area (Å²) in [6.07, 6.45) is 1.18. The van der Waals surface area contributed by atoms with Crippen molar-refractivity contribution in [2.45, 2.75) is 17.7 Å². The van der Waals surface area contributed by atoms with Gasteiger partial charge in [0.15, 0.2) is 16.3 Å². The van der Waals surface area contributed by atoms with Crippen molar-refractivity contribution in [3.63, 3.8) is 0 Å². The van der Waals surface area contributed by atoms with Crippen LogP contribution in [0, 0.1) is 5.92 Å². The van der Waals surface area contributed by atoms with Gasteiger partial charge in [-0.3, -0.25) is 4.79 Å². The van der Waals surface area contributed by atoms with Crippen molar-refractivity contribution >= 4 is 37.5 Å². The van der Waals surface area contributed by atoms with Crippen LogP contribution < -0.4 is 19.0 Å². The third kappa shape index (κ3) is 4.55. The quantitative estimate of drug-likeness (QED) is 0.511. The highest BCUT2D eigenvalue weighted by molar-refractivity contribution is 7.89. The van der Waals surface area contributed by atoms with Crippen molar-refractivity contribution in [2.75, 3.05) is 34.4 Å². The number of hydrogen-bond acceptors (Lipinski definition) is 7. The predicted octanol–water partition coefficient (Wildman–Crippen LogP) is 2.79. The Morgan fingerprint density at radius 3 is 2.38 bits per heavy atom. The Kier molecular flexibility index (Phi) is 6.96. The van der Waals surface area contributed by atoms with Gasteiger partial charge in [-0.2, -0.15) is 9.30 Å². The van der Waals surface area contributed by atoms with E-state index in [2.05, 4.69) is 4.99 Å². The molecule has 4 rings (SSSR count). The number of sulfonamides is 1. The Morgan fingerprint density at radius 1 is 1.06 bits per heavy atom. The molecule has 0 bridgehead atoms. The van der Waals surface area contributed by atoms with E-state index in [0.717, 1.165) is 10.2 Å². The Labute approximate surface area is 202 Å². The van der Waals surface area contributed by atoms with Gasteiger partial charge in [-0.1, -0.05) is 11.3 Å². The normalized spacial score (nSPS) is 17.6. The van der Waals surface area contributed by atoms with Crippen molar-refractivity contribution < 1.29 is 27.4 Å². The van der Waals surface area contributed by atoms with Gasteiger partial charge in [0.05, 0.1) is 42.4 Å². The number of benzene rings is 2. The topological polar surface area (TPSA) is 99.4 Å². The first-order chi connectivity index (χ1) is 16.3. The third-order valence-electron chi connectivity index (χ3n) is 5.95. The minimum atomic E-state index is -3.72. The zero-order valence-corrected chi connectivity index (χ0v) is 21.1. The first kappa shape index (κ1) is 24.2. The maximum atomic E-state index is 13.1. The summed E-state index contributed by atoms with van der Waals surface area (Å²) in [4.78, 5) is 18.2. The summed E-state index contributed by atoms with van der Waals surface area (Å²) < 4.78 is 46.2. The van der Waals surface area contributed by atoms with E-state index in [1.807, 2.05) is 23.7 Å². The van der Waals surface area contributed by atoms with E-state index >= 15 is 0 Å². The Bertz CT molecular complexity index is 1380. The zero-order chi connectivity index (χ0) is 24.5. The first-order valence-corrected chi connectivity index (χ1v) is 13.0. The zero-order valence-electron chi connectivity index (χ0n) is 19.5. The van der Waals surface area contributed by atoms with E-state index in [-0.39, 0.29) is 17.3 Å². The van der Waals surface area contributed by atoms with Gasteiger partial charge in [0.1, 0.15) is 5.75 Å². The van der Waals surface area contributed by atoms with Crippen LogP contribution in [0.2, 0.25) is 0 Å². The second-order valence-corrected chi connectivity index (χ2v) is 10.9. The van der Waals surface area contributed by atoms with E-state index in [1.165, 1.54) is 34.9 Å². The van der Waals surface area contributed by atoms with Crippen LogP contribution in [0.1, 0.15) is 12.8 Å². The van der Waals surface area contributed by atoms with Crippen molar-refractivity contribution in [1.29, 1.82) is 0 Å². The van der Waals surface area contributed by atoms with E-state index < -0.39 is 15.9 Å². The summed E-state index contributed by atoms with van der Waals surface area (Å²) in [5.74, 6) is 0.942. The SMILES string of the molecule is COc1ccc(S(=O)(=O)N2CCCC(C(=O)N=c3sc4cc(OC)c(OC)cc4n3C)C2)cc1. The Balaban J connectivity index is 1.59. The number of methoxy groups -OCH3 is 3. The second-order valence-electron chi connectivity index (χ2n) is 7.95. The Hall–Kier alpha value is -2.89. The molecular formula is C23H27N3O6S2. The number of hydrogen-bond donors (Lipinski definition) is 0. The van der Waals surface area contributed by atoms with E-state index in [4.69, 9.17) is 14.2 Å². The fourth-order valence-electron chi connectivity index (χ4n) is 4.01. The Morgan fingerprint density at radius 2 is 1.74 bits per heavy atom. The lowest BCUT2D eigenvalue weighted by molar-refractivity contribution is -0.122. The van der Waals surface area contributed by atoms with E-state index in [0.29, 0.717) is 41.4 Å². The lowest BCUT2D eigenvalue weighted by atomic mass is 9.99. The molecule has 34 heavy (non-hydrogen) atoms. The van der Waals surface area contributed by atoms with Gasteiger partial charge in [0.25, 0.3) is 5.91 Å². The van der Waals surface area contributed by atoms with Crippen LogP contribution >= 0.6 is 11.3 Å². The van der Waals surface area contributed by atoms with Crippen molar-refractivity contribution in [3.05, 3.63) is 41.2 Å². The second kappa shape index (κ2) is 9.77. The summed E-state index contributed by atoms with van der Waals surface area (Å²) in [5, 5.41) is 0. The van der Waals surface area contributed by atoms with Crippen LogP contribution in [-0.2, 0) is 21.9 Å². The molecule has 1 unspecified atom stereocenters. The van der Waals surface area contributed by atoms with Crippen LogP contribution in [0.3, 0.4) is 0 Å². The number of thiazole rings is 1. The number of carbonyl (C=O) groups is 1. The largest absolute Gasteiger partial charge is 0.497 e. The standard InChI is InChI=1S/C23H27N3O6S2/c1-25-18-12-19(31-3)20(32-4)13-21(18)33-23(25)24-22(27)15-6-5-11-26(14-15)34(28,29)17-9-7-16(30-2)8-10-17/h7-10,12-13,15H,5-6,11,14H2,1-4H3.